The Balaban J connectivity index is 2.62. The van der Waals surface area contributed by atoms with Crippen LogP contribution in [0.3, 0.4) is 0 Å². The van der Waals surface area contributed by atoms with E-state index in [4.69, 9.17) is 0 Å². The Morgan fingerprint density at radius 3 is 2.31 bits per heavy atom. The number of hydrogen-bond acceptors (Lipinski definition) is 0. The Labute approximate surface area is 111 Å². The van der Waals surface area contributed by atoms with Crippen LogP contribution in [0.25, 0.3) is 11.1 Å². The van der Waals surface area contributed by atoms with E-state index >= 15 is 0 Å². The molecule has 0 amide bonds. The average molecular weight is 344 g/mol. The second-order valence-corrected chi connectivity index (χ2v) is 5.32. The summed E-state index contributed by atoms with van der Waals surface area (Å²) in [7, 11) is 0. The van der Waals surface area contributed by atoms with E-state index in [9.17, 15) is 4.39 Å². The van der Waals surface area contributed by atoms with Crippen molar-refractivity contribution in [1.29, 1.82) is 0 Å². The van der Waals surface area contributed by atoms with E-state index in [2.05, 4.69) is 37.9 Å². The minimum absolute atomic E-state index is 0.237. The first-order chi connectivity index (χ1) is 7.58. The lowest BCUT2D eigenvalue weighted by molar-refractivity contribution is 0.627. The van der Waals surface area contributed by atoms with Crippen LogP contribution in [0, 0.1) is 12.7 Å². The van der Waals surface area contributed by atoms with Gasteiger partial charge in [0.15, 0.2) is 0 Å². The molecule has 0 heterocycles. The average Bonchev–Trinajstić information content (AvgIpc) is 2.22. The topological polar surface area (TPSA) is 0 Å². The Morgan fingerprint density at radius 2 is 1.62 bits per heavy atom. The highest BCUT2D eigenvalue weighted by Gasteiger charge is 2.08. The van der Waals surface area contributed by atoms with Gasteiger partial charge in [0.2, 0.25) is 0 Å². The summed E-state index contributed by atoms with van der Waals surface area (Å²) < 4.78 is 14.8. The number of hydrogen-bond donors (Lipinski definition) is 0. The van der Waals surface area contributed by atoms with Crippen molar-refractivity contribution in [2.24, 2.45) is 0 Å². The quantitative estimate of drug-likeness (QED) is 0.656. The molecule has 0 unspecified atom stereocenters. The fourth-order valence-corrected chi connectivity index (χ4v) is 2.58. The summed E-state index contributed by atoms with van der Waals surface area (Å²) >= 11 is 6.89. The van der Waals surface area contributed by atoms with Crippen LogP contribution in [0.15, 0.2) is 45.3 Å². The summed E-state index contributed by atoms with van der Waals surface area (Å²) in [6.45, 7) is 2.04. The van der Waals surface area contributed by atoms with Crippen LogP contribution in [0.4, 0.5) is 4.39 Å². The largest absolute Gasteiger partial charge is 0.207 e. The van der Waals surface area contributed by atoms with Crippen molar-refractivity contribution < 1.29 is 4.39 Å². The minimum atomic E-state index is -0.237. The molecule has 2 aromatic carbocycles. The molecule has 82 valence electrons. The molecule has 0 bridgehead atoms. The number of aryl methyl sites for hydroxylation is 1. The summed E-state index contributed by atoms with van der Waals surface area (Å²) in [5.74, 6) is -0.237. The van der Waals surface area contributed by atoms with E-state index in [-0.39, 0.29) is 5.82 Å². The molecule has 16 heavy (non-hydrogen) atoms. The van der Waals surface area contributed by atoms with Crippen molar-refractivity contribution in [2.75, 3.05) is 0 Å². The summed E-state index contributed by atoms with van der Waals surface area (Å²) in [6, 6.07) is 10.8. The smallest absolute Gasteiger partial charge is 0.124 e. The van der Waals surface area contributed by atoms with Gasteiger partial charge in [-0.3, -0.25) is 0 Å². The first-order valence-corrected chi connectivity index (χ1v) is 6.38. The van der Waals surface area contributed by atoms with Crippen LogP contribution in [0.2, 0.25) is 0 Å². The van der Waals surface area contributed by atoms with Gasteiger partial charge in [-0.15, -0.1) is 0 Å². The third kappa shape index (κ3) is 2.36. The molecule has 0 aliphatic heterocycles. The standard InChI is InChI=1S/C13H9Br2F/c1-8-2-5-12(14)11(6-8)10-4-3-9(16)7-13(10)15/h2-7H,1H3. The zero-order valence-electron chi connectivity index (χ0n) is 8.60. The molecule has 0 saturated carbocycles. The molecular weight excluding hydrogens is 335 g/mol. The lowest BCUT2D eigenvalue weighted by atomic mass is 10.0. The monoisotopic (exact) mass is 342 g/mol. The van der Waals surface area contributed by atoms with Gasteiger partial charge < -0.3 is 0 Å². The molecule has 2 aromatic rings. The van der Waals surface area contributed by atoms with Gasteiger partial charge in [-0.05, 0) is 36.2 Å². The second kappa shape index (κ2) is 4.68. The summed E-state index contributed by atoms with van der Waals surface area (Å²) in [5.41, 5.74) is 3.22. The van der Waals surface area contributed by atoms with Crippen molar-refractivity contribution in [3.05, 3.63) is 56.7 Å². The third-order valence-corrected chi connectivity index (χ3v) is 3.69. The first-order valence-electron chi connectivity index (χ1n) is 4.79. The molecule has 0 aliphatic carbocycles. The maximum absolute atomic E-state index is 13.0. The van der Waals surface area contributed by atoms with E-state index in [0.717, 1.165) is 20.1 Å². The maximum Gasteiger partial charge on any atom is 0.124 e. The summed E-state index contributed by atoms with van der Waals surface area (Å²) in [6.07, 6.45) is 0. The van der Waals surface area contributed by atoms with Gasteiger partial charge in [0.1, 0.15) is 5.82 Å². The highest BCUT2D eigenvalue weighted by Crippen LogP contribution is 2.34. The van der Waals surface area contributed by atoms with E-state index in [1.54, 1.807) is 6.07 Å². The highest BCUT2D eigenvalue weighted by atomic mass is 79.9. The second-order valence-electron chi connectivity index (χ2n) is 3.61. The van der Waals surface area contributed by atoms with Crippen LogP contribution in [-0.4, -0.2) is 0 Å². The molecule has 2 rings (SSSR count). The Morgan fingerprint density at radius 1 is 0.875 bits per heavy atom. The minimum Gasteiger partial charge on any atom is -0.207 e. The van der Waals surface area contributed by atoms with Crippen molar-refractivity contribution in [1.82, 2.24) is 0 Å². The molecule has 0 aliphatic rings. The van der Waals surface area contributed by atoms with Gasteiger partial charge in [0.25, 0.3) is 0 Å². The fourth-order valence-electron chi connectivity index (χ4n) is 1.55. The fraction of sp³-hybridized carbons (Fsp3) is 0.0769. The van der Waals surface area contributed by atoms with Crippen molar-refractivity contribution >= 4 is 31.9 Å². The van der Waals surface area contributed by atoms with Gasteiger partial charge >= 0.3 is 0 Å². The molecule has 0 fully saturated rings. The molecule has 3 heteroatoms. The van der Waals surface area contributed by atoms with Crippen LogP contribution in [-0.2, 0) is 0 Å². The molecule has 0 saturated heterocycles. The maximum atomic E-state index is 13.0. The molecule has 0 nitrogen and oxygen atoms in total. The third-order valence-electron chi connectivity index (χ3n) is 2.34. The normalized spacial score (nSPS) is 10.5. The molecule has 0 atom stereocenters. The van der Waals surface area contributed by atoms with Crippen molar-refractivity contribution in [3.8, 4) is 11.1 Å². The zero-order valence-corrected chi connectivity index (χ0v) is 11.8. The van der Waals surface area contributed by atoms with E-state index in [1.165, 1.54) is 17.7 Å². The summed E-state index contributed by atoms with van der Waals surface area (Å²) in [5, 5.41) is 0. The Kier molecular flexibility index (Phi) is 3.45. The SMILES string of the molecule is Cc1ccc(Br)c(-c2ccc(F)cc2Br)c1. The predicted molar refractivity (Wildman–Crippen MR) is 72.0 cm³/mol. The molecule has 0 spiro atoms. The number of rotatable bonds is 1. The predicted octanol–water partition coefficient (Wildman–Crippen LogP) is 5.33. The Bertz CT molecular complexity index is 535. The lowest BCUT2D eigenvalue weighted by Crippen LogP contribution is -1.85. The summed E-state index contributed by atoms with van der Waals surface area (Å²) in [4.78, 5) is 0. The van der Waals surface area contributed by atoms with Crippen molar-refractivity contribution in [3.63, 3.8) is 0 Å². The van der Waals surface area contributed by atoms with Crippen LogP contribution in [0.5, 0.6) is 0 Å². The van der Waals surface area contributed by atoms with Gasteiger partial charge in [0, 0.05) is 8.95 Å². The molecule has 0 aromatic heterocycles. The number of halogens is 3. The van der Waals surface area contributed by atoms with Crippen LogP contribution < -0.4 is 0 Å². The van der Waals surface area contributed by atoms with Crippen LogP contribution in [0.1, 0.15) is 5.56 Å². The van der Waals surface area contributed by atoms with Crippen molar-refractivity contribution in [2.45, 2.75) is 6.92 Å². The first kappa shape index (κ1) is 11.8. The molecular formula is C13H9Br2F. The van der Waals surface area contributed by atoms with E-state index < -0.39 is 0 Å². The molecule has 0 radical (unpaired) electrons. The van der Waals surface area contributed by atoms with Gasteiger partial charge in [-0.1, -0.05) is 55.6 Å². The number of benzene rings is 2. The van der Waals surface area contributed by atoms with Crippen LogP contribution >= 0.6 is 31.9 Å². The highest BCUT2D eigenvalue weighted by molar-refractivity contribution is 9.11. The zero-order chi connectivity index (χ0) is 11.7. The van der Waals surface area contributed by atoms with Gasteiger partial charge in [0.05, 0.1) is 0 Å². The van der Waals surface area contributed by atoms with Gasteiger partial charge in [-0.25, -0.2) is 4.39 Å². The lowest BCUT2D eigenvalue weighted by Gasteiger charge is -2.08. The van der Waals surface area contributed by atoms with E-state index in [1.807, 2.05) is 19.1 Å². The Hall–Kier alpha value is -0.670. The van der Waals surface area contributed by atoms with E-state index in [0.29, 0.717) is 0 Å². The molecule has 0 N–H and O–H groups in total. The van der Waals surface area contributed by atoms with Gasteiger partial charge in [-0.2, -0.15) is 0 Å².